The van der Waals surface area contributed by atoms with E-state index in [9.17, 15) is 9.59 Å². The maximum absolute atomic E-state index is 12.3. The first-order chi connectivity index (χ1) is 8.95. The van der Waals surface area contributed by atoms with Gasteiger partial charge in [0.05, 0.1) is 6.61 Å². The lowest BCUT2D eigenvalue weighted by Gasteiger charge is -2.10. The molecule has 0 fully saturated rings. The molecule has 0 saturated carbocycles. The molecule has 0 spiro atoms. The van der Waals surface area contributed by atoms with Crippen molar-refractivity contribution in [2.45, 2.75) is 13.8 Å². The fourth-order valence-corrected chi connectivity index (χ4v) is 1.53. The van der Waals surface area contributed by atoms with Crippen LogP contribution in [0.2, 0.25) is 0 Å². The Balaban J connectivity index is 3.08. The maximum Gasteiger partial charge on any atom is 0.343 e. The lowest BCUT2D eigenvalue weighted by molar-refractivity contribution is -0.138. The van der Waals surface area contributed by atoms with Crippen LogP contribution in [-0.2, 0) is 9.53 Å². The highest BCUT2D eigenvalue weighted by atomic mass is 16.5. The SMILES string of the molecule is CCOC(=O)/C(=C/N(C)C)C(=O)c1ccc(C)cc1. The standard InChI is InChI=1S/C15H19NO3/c1-5-19-15(18)13(10-16(3)4)14(17)12-8-6-11(2)7-9-12/h6-10H,5H2,1-4H3/b13-10+. The molecule has 0 radical (unpaired) electrons. The van der Waals surface area contributed by atoms with Gasteiger partial charge in [-0.1, -0.05) is 29.8 Å². The Morgan fingerprint density at radius 3 is 2.26 bits per heavy atom. The van der Waals surface area contributed by atoms with Gasteiger partial charge in [-0.3, -0.25) is 4.79 Å². The van der Waals surface area contributed by atoms with Gasteiger partial charge in [-0.05, 0) is 13.8 Å². The zero-order valence-corrected chi connectivity index (χ0v) is 11.8. The maximum atomic E-state index is 12.3. The van der Waals surface area contributed by atoms with Crippen molar-refractivity contribution < 1.29 is 14.3 Å². The van der Waals surface area contributed by atoms with Crippen molar-refractivity contribution in [1.82, 2.24) is 4.90 Å². The van der Waals surface area contributed by atoms with Crippen LogP contribution in [-0.4, -0.2) is 37.4 Å². The second-order valence-corrected chi connectivity index (χ2v) is 4.42. The van der Waals surface area contributed by atoms with Gasteiger partial charge in [-0.2, -0.15) is 0 Å². The largest absolute Gasteiger partial charge is 0.462 e. The summed E-state index contributed by atoms with van der Waals surface area (Å²) < 4.78 is 4.92. The molecule has 0 bridgehead atoms. The minimum atomic E-state index is -0.596. The third-order valence-electron chi connectivity index (χ3n) is 2.44. The molecule has 19 heavy (non-hydrogen) atoms. The van der Waals surface area contributed by atoms with Crippen LogP contribution in [0.4, 0.5) is 0 Å². The van der Waals surface area contributed by atoms with Crippen LogP contribution < -0.4 is 0 Å². The van der Waals surface area contributed by atoms with Gasteiger partial charge in [-0.25, -0.2) is 4.79 Å². The summed E-state index contributed by atoms with van der Waals surface area (Å²) in [6, 6.07) is 7.10. The van der Waals surface area contributed by atoms with Crippen molar-refractivity contribution in [2.75, 3.05) is 20.7 Å². The molecule has 1 aromatic rings. The molecule has 0 amide bonds. The van der Waals surface area contributed by atoms with Gasteiger partial charge in [0.25, 0.3) is 0 Å². The first-order valence-corrected chi connectivity index (χ1v) is 6.12. The van der Waals surface area contributed by atoms with Gasteiger partial charge < -0.3 is 9.64 Å². The van der Waals surface area contributed by atoms with Crippen molar-refractivity contribution in [3.8, 4) is 0 Å². The molecule has 0 unspecified atom stereocenters. The molecular formula is C15H19NO3. The second kappa shape index (κ2) is 6.73. The Kier molecular flexibility index (Phi) is 5.30. The molecule has 4 heteroatoms. The molecule has 0 atom stereocenters. The van der Waals surface area contributed by atoms with E-state index in [-0.39, 0.29) is 18.0 Å². The second-order valence-electron chi connectivity index (χ2n) is 4.42. The highest BCUT2D eigenvalue weighted by Crippen LogP contribution is 2.12. The highest BCUT2D eigenvalue weighted by Gasteiger charge is 2.21. The van der Waals surface area contributed by atoms with Crippen molar-refractivity contribution in [2.24, 2.45) is 0 Å². The molecule has 0 aliphatic rings. The molecule has 1 aromatic carbocycles. The van der Waals surface area contributed by atoms with Gasteiger partial charge >= 0.3 is 5.97 Å². The van der Waals surface area contributed by atoms with Crippen LogP contribution in [0.15, 0.2) is 36.0 Å². The molecule has 0 aliphatic heterocycles. The van der Waals surface area contributed by atoms with Crippen molar-refractivity contribution >= 4 is 11.8 Å². The fraction of sp³-hybridized carbons (Fsp3) is 0.333. The minimum Gasteiger partial charge on any atom is -0.462 e. The van der Waals surface area contributed by atoms with Crippen LogP contribution in [0, 0.1) is 6.92 Å². The first-order valence-electron chi connectivity index (χ1n) is 6.12. The van der Waals surface area contributed by atoms with Crippen LogP contribution in [0.5, 0.6) is 0 Å². The van der Waals surface area contributed by atoms with Crippen molar-refractivity contribution in [1.29, 1.82) is 0 Å². The molecule has 102 valence electrons. The molecule has 0 N–H and O–H groups in total. The van der Waals surface area contributed by atoms with Gasteiger partial charge in [0, 0.05) is 25.9 Å². The summed E-state index contributed by atoms with van der Waals surface area (Å²) >= 11 is 0. The van der Waals surface area contributed by atoms with Crippen LogP contribution in [0.1, 0.15) is 22.8 Å². The van der Waals surface area contributed by atoms with E-state index in [0.29, 0.717) is 5.56 Å². The zero-order chi connectivity index (χ0) is 14.4. The van der Waals surface area contributed by atoms with E-state index in [1.54, 1.807) is 38.1 Å². The van der Waals surface area contributed by atoms with Crippen molar-refractivity contribution in [3.05, 3.63) is 47.2 Å². The number of hydrogen-bond acceptors (Lipinski definition) is 4. The summed E-state index contributed by atoms with van der Waals surface area (Å²) in [5.74, 6) is -0.922. The third kappa shape index (κ3) is 4.25. The van der Waals surface area contributed by atoms with Gasteiger partial charge in [0.15, 0.2) is 0 Å². The van der Waals surface area contributed by atoms with E-state index in [2.05, 4.69) is 0 Å². The van der Waals surface area contributed by atoms with Gasteiger partial charge in [0.2, 0.25) is 5.78 Å². The Morgan fingerprint density at radius 1 is 1.21 bits per heavy atom. The van der Waals surface area contributed by atoms with E-state index in [1.165, 1.54) is 6.20 Å². The summed E-state index contributed by atoms with van der Waals surface area (Å²) in [4.78, 5) is 25.8. The number of nitrogens with zero attached hydrogens (tertiary/aromatic N) is 1. The number of aryl methyl sites for hydroxylation is 1. The highest BCUT2D eigenvalue weighted by molar-refractivity contribution is 6.24. The summed E-state index contributed by atoms with van der Waals surface area (Å²) in [6.45, 7) is 3.89. The first kappa shape index (κ1) is 15.0. The number of carbonyl (C=O) groups excluding carboxylic acids is 2. The number of Topliss-reactive ketones (excluding diaryl/α,β-unsaturated/α-hetero) is 1. The summed E-state index contributed by atoms with van der Waals surface area (Å²) in [5, 5.41) is 0. The van der Waals surface area contributed by atoms with E-state index >= 15 is 0 Å². The van der Waals surface area contributed by atoms with Crippen LogP contribution >= 0.6 is 0 Å². The van der Waals surface area contributed by atoms with E-state index in [4.69, 9.17) is 4.74 Å². The summed E-state index contributed by atoms with van der Waals surface area (Å²) in [5.41, 5.74) is 1.58. The predicted molar refractivity (Wildman–Crippen MR) is 73.9 cm³/mol. The fourth-order valence-electron chi connectivity index (χ4n) is 1.53. The Bertz CT molecular complexity index is 487. The molecular weight excluding hydrogens is 242 g/mol. The Labute approximate surface area is 113 Å². The van der Waals surface area contributed by atoms with E-state index < -0.39 is 5.97 Å². The lowest BCUT2D eigenvalue weighted by Crippen LogP contribution is -2.19. The third-order valence-corrected chi connectivity index (χ3v) is 2.44. The minimum absolute atomic E-state index is 0.0377. The molecule has 0 heterocycles. The molecule has 0 saturated heterocycles. The lowest BCUT2D eigenvalue weighted by atomic mass is 10.0. The number of rotatable bonds is 5. The number of hydrogen-bond donors (Lipinski definition) is 0. The van der Waals surface area contributed by atoms with Crippen LogP contribution in [0.25, 0.3) is 0 Å². The smallest absolute Gasteiger partial charge is 0.343 e. The quantitative estimate of drug-likeness (QED) is 0.268. The average Bonchev–Trinajstić information content (AvgIpc) is 2.36. The van der Waals surface area contributed by atoms with Crippen molar-refractivity contribution in [3.63, 3.8) is 0 Å². The molecule has 0 aliphatic carbocycles. The average molecular weight is 261 g/mol. The van der Waals surface area contributed by atoms with E-state index in [0.717, 1.165) is 5.56 Å². The molecule has 4 nitrogen and oxygen atoms in total. The monoisotopic (exact) mass is 261 g/mol. The number of carbonyl (C=O) groups is 2. The topological polar surface area (TPSA) is 46.6 Å². The number of esters is 1. The Hall–Kier alpha value is -2.10. The number of benzene rings is 1. The van der Waals surface area contributed by atoms with Crippen LogP contribution in [0.3, 0.4) is 0 Å². The molecule has 0 aromatic heterocycles. The van der Waals surface area contributed by atoms with Gasteiger partial charge in [0.1, 0.15) is 5.57 Å². The number of ether oxygens (including phenoxy) is 1. The summed E-state index contributed by atoms with van der Waals surface area (Å²) in [6.07, 6.45) is 1.49. The predicted octanol–water partition coefficient (Wildman–Crippen LogP) is 2.19. The Morgan fingerprint density at radius 2 is 1.79 bits per heavy atom. The van der Waals surface area contributed by atoms with Gasteiger partial charge in [-0.15, -0.1) is 0 Å². The van der Waals surface area contributed by atoms with E-state index in [1.807, 2.05) is 19.1 Å². The normalized spacial score (nSPS) is 11.1. The molecule has 1 rings (SSSR count). The summed E-state index contributed by atoms with van der Waals surface area (Å²) in [7, 11) is 3.50. The zero-order valence-electron chi connectivity index (χ0n) is 11.8. The number of ketones is 1.